The second kappa shape index (κ2) is 5.88. The summed E-state index contributed by atoms with van der Waals surface area (Å²) in [4.78, 5) is 4.25. The zero-order valence-corrected chi connectivity index (χ0v) is 9.56. The Morgan fingerprint density at radius 3 is 2.87 bits per heavy atom. The van der Waals surface area contributed by atoms with E-state index >= 15 is 0 Å². The predicted octanol–water partition coefficient (Wildman–Crippen LogP) is 0.791. The van der Waals surface area contributed by atoms with E-state index in [9.17, 15) is 0 Å². The van der Waals surface area contributed by atoms with Gasteiger partial charge in [0.1, 0.15) is 0 Å². The minimum Gasteiger partial charge on any atom is -0.395 e. The fourth-order valence-corrected chi connectivity index (χ4v) is 1.37. The molecular weight excluding hydrogens is 190 g/mol. The van der Waals surface area contributed by atoms with Crippen molar-refractivity contribution >= 4 is 0 Å². The molecule has 1 heterocycles. The maximum absolute atomic E-state index is 8.82. The first kappa shape index (κ1) is 12.2. The van der Waals surface area contributed by atoms with Crippen LogP contribution in [0, 0.1) is 5.92 Å². The lowest BCUT2D eigenvalue weighted by molar-refractivity contribution is 0.264. The second-order valence-electron chi connectivity index (χ2n) is 4.43. The molecule has 0 fully saturated rings. The van der Waals surface area contributed by atoms with E-state index in [1.54, 1.807) is 0 Å². The number of rotatable bonds is 6. The number of aliphatic hydroxyl groups is 1. The lowest BCUT2D eigenvalue weighted by Crippen LogP contribution is -2.26. The summed E-state index contributed by atoms with van der Waals surface area (Å²) in [6.45, 7) is 5.43. The Balaban J connectivity index is 2.42. The normalized spacial score (nSPS) is 13.4. The predicted molar refractivity (Wildman–Crippen MR) is 60.4 cm³/mol. The molecule has 4 heteroatoms. The third kappa shape index (κ3) is 4.44. The molecule has 0 aliphatic heterocycles. The first-order valence-electron chi connectivity index (χ1n) is 5.49. The molecule has 86 valence electrons. The van der Waals surface area contributed by atoms with E-state index in [1.807, 2.05) is 12.5 Å². The molecule has 1 unspecified atom stereocenters. The van der Waals surface area contributed by atoms with Crippen LogP contribution < -0.4 is 5.73 Å². The van der Waals surface area contributed by atoms with Crippen LogP contribution in [0.15, 0.2) is 12.5 Å². The van der Waals surface area contributed by atoms with Crippen molar-refractivity contribution in [1.82, 2.24) is 9.55 Å². The van der Waals surface area contributed by atoms with Crippen molar-refractivity contribution in [2.24, 2.45) is 11.7 Å². The molecule has 1 aromatic rings. The number of hydrogen-bond acceptors (Lipinski definition) is 3. The molecular formula is C11H21N3O. The molecule has 0 spiro atoms. The zero-order valence-electron chi connectivity index (χ0n) is 9.56. The molecule has 4 nitrogen and oxygen atoms in total. The van der Waals surface area contributed by atoms with Crippen LogP contribution in [0.1, 0.15) is 26.0 Å². The van der Waals surface area contributed by atoms with Crippen LogP contribution in [0.25, 0.3) is 0 Å². The number of nitrogens with two attached hydrogens (primary N) is 1. The number of aliphatic hydroxyl groups excluding tert-OH is 1. The Labute approximate surface area is 91.1 Å². The largest absolute Gasteiger partial charge is 0.395 e. The summed E-state index contributed by atoms with van der Waals surface area (Å²) in [5.74, 6) is 0.704. The van der Waals surface area contributed by atoms with Crippen LogP contribution in [-0.2, 0) is 13.0 Å². The van der Waals surface area contributed by atoms with Crippen LogP contribution in [0.3, 0.4) is 0 Å². The topological polar surface area (TPSA) is 64.1 Å². The van der Waals surface area contributed by atoms with Gasteiger partial charge in [-0.3, -0.25) is 0 Å². The monoisotopic (exact) mass is 211 g/mol. The Hall–Kier alpha value is -0.870. The summed E-state index contributed by atoms with van der Waals surface area (Å²) in [6.07, 6.45) is 5.65. The molecule has 0 saturated carbocycles. The van der Waals surface area contributed by atoms with Gasteiger partial charge in [0.15, 0.2) is 0 Å². The summed E-state index contributed by atoms with van der Waals surface area (Å²) in [5.41, 5.74) is 6.60. The number of nitrogens with zero attached hydrogens (tertiary/aromatic N) is 2. The van der Waals surface area contributed by atoms with Gasteiger partial charge in [0.05, 0.1) is 18.6 Å². The molecule has 0 amide bonds. The highest BCUT2D eigenvalue weighted by atomic mass is 16.3. The van der Waals surface area contributed by atoms with Crippen molar-refractivity contribution < 1.29 is 5.11 Å². The van der Waals surface area contributed by atoms with E-state index in [-0.39, 0.29) is 12.6 Å². The zero-order chi connectivity index (χ0) is 11.3. The minimum atomic E-state index is -0.196. The molecule has 15 heavy (non-hydrogen) atoms. The van der Waals surface area contributed by atoms with Gasteiger partial charge in [-0.2, -0.15) is 0 Å². The van der Waals surface area contributed by atoms with Crippen LogP contribution in [0.4, 0.5) is 0 Å². The minimum absolute atomic E-state index is 0.0128. The van der Waals surface area contributed by atoms with Crippen LogP contribution in [0.5, 0.6) is 0 Å². The van der Waals surface area contributed by atoms with E-state index in [2.05, 4.69) is 23.4 Å². The molecule has 0 aliphatic carbocycles. The van der Waals surface area contributed by atoms with E-state index < -0.39 is 0 Å². The summed E-state index contributed by atoms with van der Waals surface area (Å²) >= 11 is 0. The molecule has 0 aliphatic rings. The third-order valence-corrected chi connectivity index (χ3v) is 2.36. The standard InChI is InChI=1S/C11H21N3O/c1-9(2)3-4-14-6-11(13-8-14)5-10(12)7-15/h6,8-10,15H,3-5,7,12H2,1-2H3. The Morgan fingerprint density at radius 2 is 2.27 bits per heavy atom. The molecule has 0 bridgehead atoms. The van der Waals surface area contributed by atoms with Crippen molar-refractivity contribution in [3.63, 3.8) is 0 Å². The van der Waals surface area contributed by atoms with Gasteiger partial charge in [-0.15, -0.1) is 0 Å². The van der Waals surface area contributed by atoms with Gasteiger partial charge in [-0.25, -0.2) is 4.98 Å². The van der Waals surface area contributed by atoms with Crippen LogP contribution in [-0.4, -0.2) is 27.3 Å². The van der Waals surface area contributed by atoms with Crippen molar-refractivity contribution in [3.8, 4) is 0 Å². The van der Waals surface area contributed by atoms with Gasteiger partial charge in [0.2, 0.25) is 0 Å². The number of imidazole rings is 1. The highest BCUT2D eigenvalue weighted by molar-refractivity contribution is 4.99. The fourth-order valence-electron chi connectivity index (χ4n) is 1.37. The molecule has 1 aromatic heterocycles. The highest BCUT2D eigenvalue weighted by Crippen LogP contribution is 2.05. The van der Waals surface area contributed by atoms with E-state index in [0.717, 1.165) is 18.7 Å². The Kier molecular flexibility index (Phi) is 4.78. The van der Waals surface area contributed by atoms with E-state index in [1.165, 1.54) is 0 Å². The van der Waals surface area contributed by atoms with Gasteiger partial charge < -0.3 is 15.4 Å². The molecule has 0 saturated heterocycles. The van der Waals surface area contributed by atoms with Gasteiger partial charge in [0.25, 0.3) is 0 Å². The Morgan fingerprint density at radius 1 is 1.53 bits per heavy atom. The number of hydrogen-bond donors (Lipinski definition) is 2. The SMILES string of the molecule is CC(C)CCn1cnc(CC(N)CO)c1. The van der Waals surface area contributed by atoms with Crippen LogP contribution >= 0.6 is 0 Å². The lowest BCUT2D eigenvalue weighted by atomic mass is 10.1. The van der Waals surface area contributed by atoms with E-state index in [0.29, 0.717) is 12.3 Å². The maximum atomic E-state index is 8.82. The third-order valence-electron chi connectivity index (χ3n) is 2.36. The maximum Gasteiger partial charge on any atom is 0.0949 e. The second-order valence-corrected chi connectivity index (χ2v) is 4.43. The quantitative estimate of drug-likeness (QED) is 0.731. The van der Waals surface area contributed by atoms with Crippen molar-refractivity contribution in [1.29, 1.82) is 0 Å². The summed E-state index contributed by atoms with van der Waals surface area (Å²) in [7, 11) is 0. The van der Waals surface area contributed by atoms with Gasteiger partial charge in [-0.05, 0) is 12.3 Å². The Bertz CT molecular complexity index is 283. The van der Waals surface area contributed by atoms with Crippen molar-refractivity contribution in [3.05, 3.63) is 18.2 Å². The number of aromatic nitrogens is 2. The molecule has 0 radical (unpaired) electrons. The number of aryl methyl sites for hydroxylation is 1. The van der Waals surface area contributed by atoms with Gasteiger partial charge in [-0.1, -0.05) is 13.8 Å². The summed E-state index contributed by atoms with van der Waals surface area (Å²) in [6, 6.07) is -0.196. The first-order valence-corrected chi connectivity index (χ1v) is 5.49. The first-order chi connectivity index (χ1) is 7.11. The summed E-state index contributed by atoms with van der Waals surface area (Å²) in [5, 5.41) is 8.82. The summed E-state index contributed by atoms with van der Waals surface area (Å²) < 4.78 is 2.08. The van der Waals surface area contributed by atoms with Gasteiger partial charge >= 0.3 is 0 Å². The average molecular weight is 211 g/mol. The van der Waals surface area contributed by atoms with Crippen molar-refractivity contribution in [2.45, 2.75) is 39.3 Å². The molecule has 1 atom stereocenters. The molecule has 3 N–H and O–H groups in total. The lowest BCUT2D eigenvalue weighted by Gasteiger charge is -2.05. The van der Waals surface area contributed by atoms with Gasteiger partial charge in [0, 0.05) is 25.2 Å². The van der Waals surface area contributed by atoms with Crippen molar-refractivity contribution in [2.75, 3.05) is 6.61 Å². The molecule has 0 aromatic carbocycles. The highest BCUT2D eigenvalue weighted by Gasteiger charge is 2.05. The van der Waals surface area contributed by atoms with Crippen LogP contribution in [0.2, 0.25) is 0 Å². The fraction of sp³-hybridized carbons (Fsp3) is 0.727. The van der Waals surface area contributed by atoms with E-state index in [4.69, 9.17) is 10.8 Å². The average Bonchev–Trinajstić information content (AvgIpc) is 2.62. The smallest absolute Gasteiger partial charge is 0.0949 e. The molecule has 1 rings (SSSR count).